The lowest BCUT2D eigenvalue weighted by Gasteiger charge is -2.26. The molecule has 1 saturated heterocycles. The number of nitrogens with one attached hydrogen (secondary N) is 1. The fourth-order valence-electron chi connectivity index (χ4n) is 3.03. The molecule has 4 heteroatoms. The number of nitrogens with zero attached hydrogens (tertiary/aromatic N) is 1. The maximum Gasteiger partial charge on any atom is 0.241 e. The smallest absolute Gasteiger partial charge is 0.241 e. The van der Waals surface area contributed by atoms with Crippen molar-refractivity contribution in [1.29, 1.82) is 0 Å². The zero-order valence-electron chi connectivity index (χ0n) is 14.6. The minimum Gasteiger partial charge on any atom is -0.493 e. The van der Waals surface area contributed by atoms with Gasteiger partial charge in [-0.05, 0) is 49.1 Å². The van der Waals surface area contributed by atoms with Crippen LogP contribution >= 0.6 is 0 Å². The zero-order chi connectivity index (χ0) is 17.3. The molecular weight excluding hydrogens is 312 g/mol. The van der Waals surface area contributed by atoms with Crippen LogP contribution in [0, 0.1) is 0 Å². The summed E-state index contributed by atoms with van der Waals surface area (Å²) < 4.78 is 5.78. The van der Waals surface area contributed by atoms with Crippen LogP contribution in [0.3, 0.4) is 0 Å². The molecule has 0 aromatic heterocycles. The second-order valence-electron chi connectivity index (χ2n) is 6.40. The Hall–Kier alpha value is -2.49. The van der Waals surface area contributed by atoms with E-state index < -0.39 is 0 Å². The molecule has 0 unspecified atom stereocenters. The van der Waals surface area contributed by atoms with Gasteiger partial charge in [-0.3, -0.25) is 4.79 Å². The predicted molar refractivity (Wildman–Crippen MR) is 101 cm³/mol. The predicted octanol–water partition coefficient (Wildman–Crippen LogP) is 3.73. The first-order valence-electron chi connectivity index (χ1n) is 9.10. The Labute approximate surface area is 149 Å². The van der Waals surface area contributed by atoms with Crippen LogP contribution in [0.5, 0.6) is 5.75 Å². The van der Waals surface area contributed by atoms with Gasteiger partial charge in [-0.2, -0.15) is 0 Å². The van der Waals surface area contributed by atoms with E-state index >= 15 is 0 Å². The van der Waals surface area contributed by atoms with Crippen LogP contribution in [0.1, 0.15) is 24.8 Å². The summed E-state index contributed by atoms with van der Waals surface area (Å²) in [6.07, 6.45) is 4.38. The molecule has 0 aliphatic carbocycles. The Morgan fingerprint density at radius 3 is 2.40 bits per heavy atom. The van der Waals surface area contributed by atoms with Crippen molar-refractivity contribution < 1.29 is 9.53 Å². The minimum atomic E-state index is 0.183. The van der Waals surface area contributed by atoms with Gasteiger partial charge >= 0.3 is 0 Å². The summed E-state index contributed by atoms with van der Waals surface area (Å²) in [5.74, 6) is 1.03. The van der Waals surface area contributed by atoms with Crippen molar-refractivity contribution in [2.45, 2.75) is 25.7 Å². The molecule has 3 rings (SSSR count). The molecule has 1 amide bonds. The summed E-state index contributed by atoms with van der Waals surface area (Å²) in [5.41, 5.74) is 2.22. The van der Waals surface area contributed by atoms with Gasteiger partial charge in [0.05, 0.1) is 13.2 Å². The molecule has 0 atom stereocenters. The monoisotopic (exact) mass is 338 g/mol. The molecule has 25 heavy (non-hydrogen) atoms. The average molecular weight is 338 g/mol. The first kappa shape index (κ1) is 17.3. The fraction of sp³-hybridized carbons (Fsp3) is 0.381. The Balaban J connectivity index is 1.40. The molecule has 1 heterocycles. The van der Waals surface area contributed by atoms with Crippen LogP contribution in [0.25, 0.3) is 0 Å². The Kier molecular flexibility index (Phi) is 6.32. The highest BCUT2D eigenvalue weighted by Gasteiger charge is 2.15. The normalized spacial score (nSPS) is 14.2. The standard InChI is InChI=1S/C21H26N2O2/c24-21(23-14-5-2-6-15-23)17-22-19-9-11-20(12-10-19)25-16-13-18-7-3-1-4-8-18/h1,3-4,7-12,22H,2,5-6,13-17H2. The molecule has 1 aliphatic heterocycles. The Bertz CT molecular complexity index is 649. The largest absolute Gasteiger partial charge is 0.493 e. The van der Waals surface area contributed by atoms with Gasteiger partial charge in [0.1, 0.15) is 5.75 Å². The molecule has 1 N–H and O–H groups in total. The lowest BCUT2D eigenvalue weighted by molar-refractivity contribution is -0.130. The number of ether oxygens (including phenoxy) is 1. The first-order chi connectivity index (χ1) is 12.3. The van der Waals surface area contributed by atoms with Gasteiger partial charge in [0, 0.05) is 25.2 Å². The summed E-state index contributed by atoms with van der Waals surface area (Å²) in [7, 11) is 0. The number of anilines is 1. The van der Waals surface area contributed by atoms with Crippen molar-refractivity contribution in [2.24, 2.45) is 0 Å². The second kappa shape index (κ2) is 9.11. The SMILES string of the molecule is O=C(CNc1ccc(OCCc2ccccc2)cc1)N1CCCCC1. The van der Waals surface area contributed by atoms with Crippen molar-refractivity contribution in [2.75, 3.05) is 31.6 Å². The van der Waals surface area contributed by atoms with E-state index in [1.165, 1.54) is 12.0 Å². The number of benzene rings is 2. The summed E-state index contributed by atoms with van der Waals surface area (Å²) in [6.45, 7) is 2.81. The van der Waals surface area contributed by atoms with Crippen molar-refractivity contribution >= 4 is 11.6 Å². The van der Waals surface area contributed by atoms with E-state index in [1.807, 2.05) is 47.4 Å². The van der Waals surface area contributed by atoms with E-state index in [-0.39, 0.29) is 5.91 Å². The van der Waals surface area contributed by atoms with Gasteiger partial charge in [-0.1, -0.05) is 30.3 Å². The highest BCUT2D eigenvalue weighted by Crippen LogP contribution is 2.16. The number of carbonyl (C=O) groups is 1. The summed E-state index contributed by atoms with van der Waals surface area (Å²) in [4.78, 5) is 14.1. The van der Waals surface area contributed by atoms with E-state index in [0.29, 0.717) is 13.2 Å². The van der Waals surface area contributed by atoms with Crippen LogP contribution in [0.2, 0.25) is 0 Å². The molecule has 2 aromatic rings. The molecule has 0 radical (unpaired) electrons. The van der Waals surface area contributed by atoms with E-state index in [2.05, 4.69) is 17.4 Å². The van der Waals surface area contributed by atoms with Gasteiger partial charge in [0.25, 0.3) is 0 Å². The van der Waals surface area contributed by atoms with Crippen molar-refractivity contribution in [1.82, 2.24) is 4.90 Å². The number of rotatable bonds is 7. The summed E-state index contributed by atoms with van der Waals surface area (Å²) in [5, 5.41) is 3.20. The van der Waals surface area contributed by atoms with Crippen LogP contribution in [-0.4, -0.2) is 37.0 Å². The third-order valence-corrected chi connectivity index (χ3v) is 4.51. The molecule has 1 fully saturated rings. The molecule has 2 aromatic carbocycles. The molecule has 1 aliphatic rings. The maximum atomic E-state index is 12.2. The summed E-state index contributed by atoms with van der Waals surface area (Å²) >= 11 is 0. The number of amides is 1. The average Bonchev–Trinajstić information content (AvgIpc) is 2.68. The van der Waals surface area contributed by atoms with E-state index in [1.54, 1.807) is 0 Å². The maximum absolute atomic E-state index is 12.2. The summed E-state index contributed by atoms with van der Waals surface area (Å²) in [6, 6.07) is 18.1. The third-order valence-electron chi connectivity index (χ3n) is 4.51. The molecular formula is C21H26N2O2. The third kappa shape index (κ3) is 5.52. The number of likely N-dealkylation sites (tertiary alicyclic amines) is 1. The number of piperidine rings is 1. The first-order valence-corrected chi connectivity index (χ1v) is 9.10. The van der Waals surface area contributed by atoms with Crippen LogP contribution < -0.4 is 10.1 Å². The second-order valence-corrected chi connectivity index (χ2v) is 6.40. The Morgan fingerprint density at radius 1 is 0.960 bits per heavy atom. The topological polar surface area (TPSA) is 41.6 Å². The van der Waals surface area contributed by atoms with Crippen LogP contribution in [0.4, 0.5) is 5.69 Å². The number of carbonyl (C=O) groups excluding carboxylic acids is 1. The molecule has 0 saturated carbocycles. The van der Waals surface area contributed by atoms with Gasteiger partial charge in [-0.25, -0.2) is 0 Å². The van der Waals surface area contributed by atoms with Gasteiger partial charge in [0.15, 0.2) is 0 Å². The van der Waals surface area contributed by atoms with Crippen LogP contribution in [0.15, 0.2) is 54.6 Å². The fourth-order valence-corrected chi connectivity index (χ4v) is 3.03. The highest BCUT2D eigenvalue weighted by atomic mass is 16.5. The highest BCUT2D eigenvalue weighted by molar-refractivity contribution is 5.81. The molecule has 0 bridgehead atoms. The lowest BCUT2D eigenvalue weighted by Crippen LogP contribution is -2.39. The molecule has 4 nitrogen and oxygen atoms in total. The molecule has 0 spiro atoms. The van der Waals surface area contributed by atoms with E-state index in [0.717, 1.165) is 43.8 Å². The lowest BCUT2D eigenvalue weighted by atomic mass is 10.1. The van der Waals surface area contributed by atoms with Gasteiger partial charge in [-0.15, -0.1) is 0 Å². The van der Waals surface area contributed by atoms with Gasteiger partial charge < -0.3 is 15.0 Å². The minimum absolute atomic E-state index is 0.183. The van der Waals surface area contributed by atoms with Crippen molar-refractivity contribution in [3.8, 4) is 5.75 Å². The number of hydrogen-bond donors (Lipinski definition) is 1. The zero-order valence-corrected chi connectivity index (χ0v) is 14.6. The quantitative estimate of drug-likeness (QED) is 0.836. The van der Waals surface area contributed by atoms with Crippen molar-refractivity contribution in [3.05, 3.63) is 60.2 Å². The van der Waals surface area contributed by atoms with E-state index in [9.17, 15) is 4.79 Å². The van der Waals surface area contributed by atoms with Gasteiger partial charge in [0.2, 0.25) is 5.91 Å². The Morgan fingerprint density at radius 2 is 1.68 bits per heavy atom. The van der Waals surface area contributed by atoms with Crippen LogP contribution in [-0.2, 0) is 11.2 Å². The number of hydrogen-bond acceptors (Lipinski definition) is 3. The molecule has 132 valence electrons. The van der Waals surface area contributed by atoms with E-state index in [4.69, 9.17) is 4.74 Å². The van der Waals surface area contributed by atoms with Crippen molar-refractivity contribution in [3.63, 3.8) is 0 Å².